The fraction of sp³-hybridized carbons (Fsp3) is 0.357. The van der Waals surface area contributed by atoms with Crippen LogP contribution in [0.25, 0.3) is 5.69 Å². The number of halogens is 3. The SMILES string of the molecule is OCCN(Cc1cnn(-c2ccccc2)c1)CC(F)(F)F. The monoisotopic (exact) mass is 299 g/mol. The van der Waals surface area contributed by atoms with E-state index in [0.717, 1.165) is 10.6 Å². The molecule has 0 aliphatic rings. The first kappa shape index (κ1) is 15.5. The van der Waals surface area contributed by atoms with Gasteiger partial charge in [0.1, 0.15) is 0 Å². The Hall–Kier alpha value is -1.86. The first-order valence-corrected chi connectivity index (χ1v) is 6.47. The highest BCUT2D eigenvalue weighted by atomic mass is 19.4. The molecule has 0 bridgehead atoms. The van der Waals surface area contributed by atoms with Crippen molar-refractivity contribution in [2.45, 2.75) is 12.7 Å². The molecule has 2 rings (SSSR count). The van der Waals surface area contributed by atoms with Gasteiger partial charge >= 0.3 is 6.18 Å². The third kappa shape index (κ3) is 4.87. The first-order valence-electron chi connectivity index (χ1n) is 6.47. The maximum atomic E-state index is 12.5. The number of aliphatic hydroxyl groups excluding tert-OH is 1. The molecule has 114 valence electrons. The van der Waals surface area contributed by atoms with E-state index in [4.69, 9.17) is 5.11 Å². The van der Waals surface area contributed by atoms with Crippen molar-refractivity contribution < 1.29 is 18.3 Å². The van der Waals surface area contributed by atoms with Crippen molar-refractivity contribution in [1.82, 2.24) is 14.7 Å². The molecule has 0 fully saturated rings. The molecule has 4 nitrogen and oxygen atoms in total. The van der Waals surface area contributed by atoms with Crippen molar-refractivity contribution in [3.8, 4) is 5.69 Å². The third-order valence-corrected chi connectivity index (χ3v) is 2.88. The highest BCUT2D eigenvalue weighted by molar-refractivity contribution is 5.30. The highest BCUT2D eigenvalue weighted by Gasteiger charge is 2.30. The molecule has 2 aromatic rings. The molecule has 1 aromatic carbocycles. The summed E-state index contributed by atoms with van der Waals surface area (Å²) in [7, 11) is 0. The summed E-state index contributed by atoms with van der Waals surface area (Å²) in [6.07, 6.45) is -1.06. The van der Waals surface area contributed by atoms with Gasteiger partial charge in [-0.3, -0.25) is 4.90 Å². The van der Waals surface area contributed by atoms with Crippen LogP contribution in [0.3, 0.4) is 0 Å². The number of aromatic nitrogens is 2. The zero-order valence-electron chi connectivity index (χ0n) is 11.3. The van der Waals surface area contributed by atoms with E-state index in [-0.39, 0.29) is 19.7 Å². The number of para-hydroxylation sites is 1. The lowest BCUT2D eigenvalue weighted by Crippen LogP contribution is -2.35. The van der Waals surface area contributed by atoms with Crippen molar-refractivity contribution in [2.24, 2.45) is 0 Å². The first-order chi connectivity index (χ1) is 9.98. The number of alkyl halides is 3. The summed E-state index contributed by atoms with van der Waals surface area (Å²) >= 11 is 0. The van der Waals surface area contributed by atoms with Gasteiger partial charge in [-0.25, -0.2) is 4.68 Å². The largest absolute Gasteiger partial charge is 0.401 e. The molecule has 0 amide bonds. The number of hydrogen-bond donors (Lipinski definition) is 1. The minimum absolute atomic E-state index is 0.0317. The van der Waals surface area contributed by atoms with Gasteiger partial charge in [0.05, 0.1) is 25.0 Å². The van der Waals surface area contributed by atoms with Crippen LogP contribution >= 0.6 is 0 Å². The lowest BCUT2D eigenvalue weighted by atomic mass is 10.3. The molecule has 0 unspecified atom stereocenters. The molecule has 21 heavy (non-hydrogen) atoms. The van der Waals surface area contributed by atoms with Gasteiger partial charge in [-0.2, -0.15) is 18.3 Å². The summed E-state index contributed by atoms with van der Waals surface area (Å²) in [5.41, 5.74) is 1.50. The van der Waals surface area contributed by atoms with Gasteiger partial charge in [0.15, 0.2) is 0 Å². The average molecular weight is 299 g/mol. The molecule has 1 N–H and O–H groups in total. The zero-order valence-corrected chi connectivity index (χ0v) is 11.3. The Morgan fingerprint density at radius 1 is 1.19 bits per heavy atom. The maximum absolute atomic E-state index is 12.5. The van der Waals surface area contributed by atoms with Gasteiger partial charge in [-0.05, 0) is 12.1 Å². The molecule has 0 spiro atoms. The maximum Gasteiger partial charge on any atom is 0.401 e. The van der Waals surface area contributed by atoms with Crippen LogP contribution in [0.5, 0.6) is 0 Å². The van der Waals surface area contributed by atoms with Crippen molar-refractivity contribution in [1.29, 1.82) is 0 Å². The molecule has 7 heteroatoms. The van der Waals surface area contributed by atoms with Crippen molar-refractivity contribution in [2.75, 3.05) is 19.7 Å². The van der Waals surface area contributed by atoms with E-state index in [2.05, 4.69) is 5.10 Å². The van der Waals surface area contributed by atoms with E-state index in [1.54, 1.807) is 10.9 Å². The second-order valence-electron chi connectivity index (χ2n) is 4.68. The molecule has 0 atom stereocenters. The predicted molar refractivity (Wildman–Crippen MR) is 72.0 cm³/mol. The third-order valence-electron chi connectivity index (χ3n) is 2.88. The summed E-state index contributed by atoms with van der Waals surface area (Å²) in [5.74, 6) is 0. The quantitative estimate of drug-likeness (QED) is 0.889. The normalized spacial score (nSPS) is 12.0. The average Bonchev–Trinajstić information content (AvgIpc) is 2.87. The van der Waals surface area contributed by atoms with Gasteiger partial charge in [-0.15, -0.1) is 0 Å². The molecular weight excluding hydrogens is 283 g/mol. The van der Waals surface area contributed by atoms with E-state index in [1.165, 1.54) is 6.20 Å². The van der Waals surface area contributed by atoms with Gasteiger partial charge in [0.25, 0.3) is 0 Å². The Morgan fingerprint density at radius 2 is 1.90 bits per heavy atom. The Bertz CT molecular complexity index is 554. The fourth-order valence-electron chi connectivity index (χ4n) is 2.03. The van der Waals surface area contributed by atoms with Gasteiger partial charge in [-0.1, -0.05) is 18.2 Å². The van der Waals surface area contributed by atoms with Gasteiger partial charge < -0.3 is 5.11 Å². The standard InChI is InChI=1S/C14H16F3N3O/c15-14(16,17)11-19(6-7-21)9-12-8-18-20(10-12)13-4-2-1-3-5-13/h1-5,8,10,21H,6-7,9,11H2. The molecule has 0 aliphatic carbocycles. The molecular formula is C14H16F3N3O. The van der Waals surface area contributed by atoms with E-state index in [0.29, 0.717) is 5.56 Å². The number of nitrogens with zero attached hydrogens (tertiary/aromatic N) is 3. The number of hydrogen-bond acceptors (Lipinski definition) is 3. The Labute approximate surface area is 120 Å². The van der Waals surface area contributed by atoms with Crippen LogP contribution in [0, 0.1) is 0 Å². The minimum Gasteiger partial charge on any atom is -0.395 e. The van der Waals surface area contributed by atoms with Crippen molar-refractivity contribution in [3.05, 3.63) is 48.3 Å². The van der Waals surface area contributed by atoms with Crippen LogP contribution < -0.4 is 0 Å². The van der Waals surface area contributed by atoms with Crippen molar-refractivity contribution in [3.63, 3.8) is 0 Å². The number of rotatable bonds is 6. The second kappa shape index (κ2) is 6.73. The van der Waals surface area contributed by atoms with Crippen LogP contribution in [0.15, 0.2) is 42.7 Å². The number of benzene rings is 1. The highest BCUT2D eigenvalue weighted by Crippen LogP contribution is 2.18. The summed E-state index contributed by atoms with van der Waals surface area (Å²) in [6.45, 7) is -1.31. The van der Waals surface area contributed by atoms with E-state index in [1.807, 2.05) is 30.3 Å². The molecule has 0 aliphatic heterocycles. The lowest BCUT2D eigenvalue weighted by Gasteiger charge is -2.21. The van der Waals surface area contributed by atoms with E-state index < -0.39 is 12.7 Å². The molecule has 0 radical (unpaired) electrons. The molecule has 1 aromatic heterocycles. The Morgan fingerprint density at radius 3 is 2.52 bits per heavy atom. The lowest BCUT2D eigenvalue weighted by molar-refractivity contribution is -0.147. The van der Waals surface area contributed by atoms with Crippen LogP contribution in [0.4, 0.5) is 13.2 Å². The molecule has 0 saturated carbocycles. The summed E-state index contributed by atoms with van der Waals surface area (Å²) in [5, 5.41) is 13.0. The topological polar surface area (TPSA) is 41.3 Å². The van der Waals surface area contributed by atoms with Crippen LogP contribution in [0.2, 0.25) is 0 Å². The predicted octanol–water partition coefficient (Wildman–Crippen LogP) is 2.23. The van der Waals surface area contributed by atoms with Crippen LogP contribution in [0.1, 0.15) is 5.56 Å². The van der Waals surface area contributed by atoms with Crippen LogP contribution in [-0.4, -0.2) is 45.7 Å². The second-order valence-corrected chi connectivity index (χ2v) is 4.68. The molecule has 0 saturated heterocycles. The van der Waals surface area contributed by atoms with E-state index >= 15 is 0 Å². The van der Waals surface area contributed by atoms with E-state index in [9.17, 15) is 13.2 Å². The zero-order chi connectivity index (χ0) is 15.3. The Balaban J connectivity index is 2.06. The van der Waals surface area contributed by atoms with Crippen molar-refractivity contribution >= 4 is 0 Å². The van der Waals surface area contributed by atoms with Gasteiger partial charge in [0.2, 0.25) is 0 Å². The fourth-order valence-corrected chi connectivity index (χ4v) is 2.03. The summed E-state index contributed by atoms with van der Waals surface area (Å²) in [6, 6.07) is 9.31. The smallest absolute Gasteiger partial charge is 0.395 e. The molecule has 1 heterocycles. The Kier molecular flexibility index (Phi) is 4.98. The minimum atomic E-state index is -4.29. The summed E-state index contributed by atoms with van der Waals surface area (Å²) < 4.78 is 39.0. The number of aliphatic hydroxyl groups is 1. The summed E-state index contributed by atoms with van der Waals surface area (Å²) in [4.78, 5) is 1.15. The van der Waals surface area contributed by atoms with Gasteiger partial charge in [0, 0.05) is 24.8 Å². The van der Waals surface area contributed by atoms with Crippen LogP contribution in [-0.2, 0) is 6.54 Å².